The van der Waals surface area contributed by atoms with Crippen LogP contribution in [0.3, 0.4) is 0 Å². The van der Waals surface area contributed by atoms with Gasteiger partial charge in [-0.1, -0.05) is 59.8 Å². The number of hydrogen-bond donors (Lipinski definition) is 1. The summed E-state index contributed by atoms with van der Waals surface area (Å²) in [4.78, 5) is 32.5. The van der Waals surface area contributed by atoms with E-state index in [1.807, 2.05) is 30.3 Å². The number of rotatable bonds is 7. The summed E-state index contributed by atoms with van der Waals surface area (Å²) in [6.45, 7) is 0.479. The first-order valence-electron chi connectivity index (χ1n) is 10.8. The van der Waals surface area contributed by atoms with Crippen molar-refractivity contribution in [2.75, 3.05) is 19.0 Å². The van der Waals surface area contributed by atoms with Crippen molar-refractivity contribution in [2.45, 2.75) is 18.1 Å². The number of carbonyl (C=O) groups is 2. The van der Waals surface area contributed by atoms with Crippen LogP contribution >= 0.6 is 23.4 Å². The summed E-state index contributed by atoms with van der Waals surface area (Å²) in [5, 5.41) is 3.39. The zero-order valence-electron chi connectivity index (χ0n) is 18.6. The predicted octanol–water partition coefficient (Wildman–Crippen LogP) is 5.55. The number of nitrogens with one attached hydrogen (secondary N) is 1. The summed E-state index contributed by atoms with van der Waals surface area (Å²) in [5.74, 6) is 0.258. The molecule has 1 heterocycles. The van der Waals surface area contributed by atoms with Gasteiger partial charge >= 0.3 is 0 Å². The molecule has 2 amide bonds. The molecule has 0 aromatic heterocycles. The number of nitrogens with zero attached hydrogens (tertiary/aromatic N) is 2. The maximum absolute atomic E-state index is 13.1. The summed E-state index contributed by atoms with van der Waals surface area (Å²) in [6, 6.07) is 24.2. The number of aliphatic imine (C=N–C) groups is 1. The highest BCUT2D eigenvalue weighted by Gasteiger charge is 2.35. The van der Waals surface area contributed by atoms with Gasteiger partial charge in [0.1, 0.15) is 11.0 Å². The van der Waals surface area contributed by atoms with E-state index in [9.17, 15) is 9.59 Å². The first-order valence-corrected chi connectivity index (χ1v) is 12.1. The monoisotopic (exact) mass is 493 g/mol. The lowest BCUT2D eigenvalue weighted by molar-refractivity contribution is -0.129. The molecular weight excluding hydrogens is 470 g/mol. The highest BCUT2D eigenvalue weighted by molar-refractivity contribution is 8.15. The Balaban J connectivity index is 1.54. The zero-order chi connectivity index (χ0) is 23.9. The van der Waals surface area contributed by atoms with E-state index >= 15 is 0 Å². The summed E-state index contributed by atoms with van der Waals surface area (Å²) < 4.78 is 5.22. The fraction of sp³-hybridized carbons (Fsp3) is 0.192. The maximum atomic E-state index is 13.1. The lowest BCUT2D eigenvalue weighted by Crippen LogP contribution is -2.46. The second-order valence-electron chi connectivity index (χ2n) is 7.68. The van der Waals surface area contributed by atoms with Crippen molar-refractivity contribution in [3.8, 4) is 5.75 Å². The average Bonchev–Trinajstić information content (AvgIpc) is 2.85. The maximum Gasteiger partial charge on any atom is 0.238 e. The fourth-order valence-corrected chi connectivity index (χ4v) is 4.75. The highest BCUT2D eigenvalue weighted by Crippen LogP contribution is 2.31. The molecule has 4 rings (SSSR count). The standard InChI is InChI=1S/C26H24ClN3O3S/c1-33-22-9-5-8-21(16-22)28-25(32)23-17-24(31)30(15-14-18-6-3-2-4-7-18)26(34-23)29-20-12-10-19(27)11-13-20/h2-13,16,23H,14-15,17H2,1H3,(H,28,32). The first kappa shape index (κ1) is 23.9. The lowest BCUT2D eigenvalue weighted by atomic mass is 10.1. The Bertz CT molecular complexity index is 1190. The molecular formula is C26H24ClN3O3S. The molecule has 0 bridgehead atoms. The van der Waals surface area contributed by atoms with Crippen LogP contribution in [0.25, 0.3) is 0 Å². The molecule has 0 spiro atoms. The van der Waals surface area contributed by atoms with Crippen molar-refractivity contribution in [1.29, 1.82) is 0 Å². The minimum Gasteiger partial charge on any atom is -0.497 e. The molecule has 0 saturated carbocycles. The Morgan fingerprint density at radius 3 is 2.62 bits per heavy atom. The summed E-state index contributed by atoms with van der Waals surface area (Å²) in [7, 11) is 1.57. The van der Waals surface area contributed by atoms with E-state index in [2.05, 4.69) is 5.32 Å². The number of methoxy groups -OCH3 is 1. The average molecular weight is 494 g/mol. The van der Waals surface area contributed by atoms with E-state index < -0.39 is 5.25 Å². The summed E-state index contributed by atoms with van der Waals surface area (Å²) >= 11 is 7.30. The van der Waals surface area contributed by atoms with Crippen LogP contribution in [-0.4, -0.2) is 40.8 Å². The van der Waals surface area contributed by atoms with Gasteiger partial charge in [-0.05, 0) is 48.4 Å². The van der Waals surface area contributed by atoms with Gasteiger partial charge in [-0.2, -0.15) is 0 Å². The molecule has 6 nitrogen and oxygen atoms in total. The smallest absolute Gasteiger partial charge is 0.238 e. The van der Waals surface area contributed by atoms with Gasteiger partial charge in [-0.25, -0.2) is 4.99 Å². The predicted molar refractivity (Wildman–Crippen MR) is 138 cm³/mol. The van der Waals surface area contributed by atoms with Gasteiger partial charge in [0, 0.05) is 29.7 Å². The van der Waals surface area contributed by atoms with Gasteiger partial charge in [-0.15, -0.1) is 0 Å². The van der Waals surface area contributed by atoms with Crippen LogP contribution in [0, 0.1) is 0 Å². The van der Waals surface area contributed by atoms with E-state index in [0.29, 0.717) is 40.3 Å². The number of anilines is 1. The second-order valence-corrected chi connectivity index (χ2v) is 9.29. The van der Waals surface area contributed by atoms with E-state index in [1.54, 1.807) is 60.5 Å². The number of benzene rings is 3. The van der Waals surface area contributed by atoms with Crippen molar-refractivity contribution in [3.05, 3.63) is 89.4 Å². The van der Waals surface area contributed by atoms with Crippen molar-refractivity contribution >= 4 is 51.7 Å². The largest absolute Gasteiger partial charge is 0.497 e. The summed E-state index contributed by atoms with van der Waals surface area (Å²) in [5.41, 5.74) is 2.40. The van der Waals surface area contributed by atoms with Crippen molar-refractivity contribution < 1.29 is 14.3 Å². The number of hydrogen-bond acceptors (Lipinski definition) is 5. The number of amidine groups is 1. The van der Waals surface area contributed by atoms with Crippen LogP contribution in [0.4, 0.5) is 11.4 Å². The quantitative estimate of drug-likeness (QED) is 0.468. The molecule has 3 aromatic carbocycles. The molecule has 1 aliphatic heterocycles. The summed E-state index contributed by atoms with van der Waals surface area (Å²) in [6.07, 6.45) is 0.780. The van der Waals surface area contributed by atoms with Crippen LogP contribution < -0.4 is 10.1 Å². The second kappa shape index (κ2) is 11.2. The van der Waals surface area contributed by atoms with Gasteiger partial charge in [0.2, 0.25) is 11.8 Å². The van der Waals surface area contributed by atoms with E-state index in [4.69, 9.17) is 21.3 Å². The van der Waals surface area contributed by atoms with Crippen LogP contribution in [0.15, 0.2) is 83.9 Å². The topological polar surface area (TPSA) is 71.0 Å². The van der Waals surface area contributed by atoms with E-state index in [-0.39, 0.29) is 18.2 Å². The molecule has 1 aliphatic rings. The third kappa shape index (κ3) is 6.18. The third-order valence-electron chi connectivity index (χ3n) is 5.29. The van der Waals surface area contributed by atoms with Crippen LogP contribution in [0.2, 0.25) is 5.02 Å². The minimum absolute atomic E-state index is 0.0922. The normalized spacial score (nSPS) is 17.0. The number of carbonyl (C=O) groups excluding carboxylic acids is 2. The molecule has 1 unspecified atom stereocenters. The van der Waals surface area contributed by atoms with E-state index in [0.717, 1.165) is 5.56 Å². The zero-order valence-corrected chi connectivity index (χ0v) is 20.2. The molecule has 1 atom stereocenters. The van der Waals surface area contributed by atoms with Crippen molar-refractivity contribution in [1.82, 2.24) is 4.90 Å². The number of ether oxygens (including phenoxy) is 1. The molecule has 3 aromatic rings. The molecule has 1 saturated heterocycles. The molecule has 8 heteroatoms. The van der Waals surface area contributed by atoms with Crippen LogP contribution in [0.5, 0.6) is 5.75 Å². The van der Waals surface area contributed by atoms with Gasteiger partial charge in [0.15, 0.2) is 5.17 Å². The first-order chi connectivity index (χ1) is 16.5. The number of thioether (sulfide) groups is 1. The Kier molecular flexibility index (Phi) is 7.87. The molecule has 34 heavy (non-hydrogen) atoms. The van der Waals surface area contributed by atoms with Crippen molar-refractivity contribution in [2.24, 2.45) is 4.99 Å². The molecule has 1 N–H and O–H groups in total. The minimum atomic E-state index is -0.599. The SMILES string of the molecule is COc1cccc(NC(=O)C2CC(=O)N(CCc3ccccc3)C(=Nc3ccc(Cl)cc3)S2)c1. The van der Waals surface area contributed by atoms with Gasteiger partial charge in [0.05, 0.1) is 12.8 Å². The molecule has 1 fully saturated rings. The van der Waals surface area contributed by atoms with Crippen LogP contribution in [0.1, 0.15) is 12.0 Å². The Hall–Kier alpha value is -3.29. The Labute approximate surface area is 208 Å². The highest BCUT2D eigenvalue weighted by atomic mass is 35.5. The van der Waals surface area contributed by atoms with Gasteiger partial charge in [-0.3, -0.25) is 14.5 Å². The molecule has 0 radical (unpaired) electrons. The molecule has 0 aliphatic carbocycles. The van der Waals surface area contributed by atoms with Gasteiger partial charge < -0.3 is 10.1 Å². The third-order valence-corrected chi connectivity index (χ3v) is 6.73. The fourth-order valence-electron chi connectivity index (χ4n) is 3.50. The molecule has 174 valence electrons. The van der Waals surface area contributed by atoms with Crippen molar-refractivity contribution in [3.63, 3.8) is 0 Å². The number of amides is 2. The Morgan fingerprint density at radius 2 is 1.88 bits per heavy atom. The van der Waals surface area contributed by atoms with Crippen LogP contribution in [-0.2, 0) is 16.0 Å². The number of halogens is 1. The van der Waals surface area contributed by atoms with Gasteiger partial charge in [0.25, 0.3) is 0 Å². The van der Waals surface area contributed by atoms with E-state index in [1.165, 1.54) is 11.8 Å². The Morgan fingerprint density at radius 1 is 1.12 bits per heavy atom. The lowest BCUT2D eigenvalue weighted by Gasteiger charge is -2.32.